The quantitative estimate of drug-likeness (QED) is 0.749. The van der Waals surface area contributed by atoms with E-state index in [-0.39, 0.29) is 5.91 Å². The number of aryl methyl sites for hydroxylation is 2. The van der Waals surface area contributed by atoms with Crippen molar-refractivity contribution in [3.63, 3.8) is 0 Å². The molecule has 0 unspecified atom stereocenters. The first-order valence-electron chi connectivity index (χ1n) is 6.07. The summed E-state index contributed by atoms with van der Waals surface area (Å²) >= 11 is 1.90. The van der Waals surface area contributed by atoms with Gasteiger partial charge in [-0.05, 0) is 30.9 Å². The molecular formula is C12H15N3OS. The zero-order valence-electron chi connectivity index (χ0n) is 9.69. The van der Waals surface area contributed by atoms with E-state index >= 15 is 0 Å². The standard InChI is InChI=1S/C12H15N3OS/c16-12(15-4-6-17-7-5-15)11-8-9-2-1-3-10(9)13-14-11/h8H,1-7H2. The van der Waals surface area contributed by atoms with E-state index in [0.29, 0.717) is 5.69 Å². The Morgan fingerprint density at radius 3 is 2.88 bits per heavy atom. The molecule has 1 aliphatic carbocycles. The maximum atomic E-state index is 12.2. The Labute approximate surface area is 105 Å². The predicted octanol–water partition coefficient (Wildman–Crippen LogP) is 1.15. The van der Waals surface area contributed by atoms with Crippen LogP contribution < -0.4 is 0 Å². The van der Waals surface area contributed by atoms with E-state index in [1.807, 2.05) is 22.7 Å². The fourth-order valence-electron chi connectivity index (χ4n) is 2.36. The Hall–Kier alpha value is -1.10. The van der Waals surface area contributed by atoms with Gasteiger partial charge in [0.05, 0.1) is 5.69 Å². The van der Waals surface area contributed by atoms with Crippen LogP contribution in [0.1, 0.15) is 28.2 Å². The third-order valence-corrected chi connectivity index (χ3v) is 4.28. The van der Waals surface area contributed by atoms with E-state index in [9.17, 15) is 4.79 Å². The molecule has 1 fully saturated rings. The van der Waals surface area contributed by atoms with Crippen LogP contribution in [0.5, 0.6) is 0 Å². The summed E-state index contributed by atoms with van der Waals surface area (Å²) < 4.78 is 0. The van der Waals surface area contributed by atoms with E-state index < -0.39 is 0 Å². The number of fused-ring (bicyclic) bond motifs is 1. The molecule has 2 aliphatic rings. The molecule has 1 amide bonds. The third kappa shape index (κ3) is 2.16. The van der Waals surface area contributed by atoms with Gasteiger partial charge >= 0.3 is 0 Å². The molecule has 0 radical (unpaired) electrons. The van der Waals surface area contributed by atoms with Gasteiger partial charge < -0.3 is 4.90 Å². The average molecular weight is 249 g/mol. The van der Waals surface area contributed by atoms with Crippen LogP contribution in [0, 0.1) is 0 Å². The van der Waals surface area contributed by atoms with E-state index in [1.54, 1.807) is 0 Å². The lowest BCUT2D eigenvalue weighted by Gasteiger charge is -2.25. The van der Waals surface area contributed by atoms with Gasteiger partial charge in [0.15, 0.2) is 5.69 Å². The lowest BCUT2D eigenvalue weighted by molar-refractivity contribution is 0.0765. The zero-order valence-corrected chi connectivity index (χ0v) is 10.5. The molecular weight excluding hydrogens is 234 g/mol. The largest absolute Gasteiger partial charge is 0.336 e. The van der Waals surface area contributed by atoms with Gasteiger partial charge in [-0.1, -0.05) is 0 Å². The summed E-state index contributed by atoms with van der Waals surface area (Å²) in [5, 5.41) is 8.25. The fraction of sp³-hybridized carbons (Fsp3) is 0.583. The molecule has 0 aromatic carbocycles. The van der Waals surface area contributed by atoms with Crippen molar-refractivity contribution in [1.82, 2.24) is 15.1 Å². The molecule has 0 atom stereocenters. The minimum absolute atomic E-state index is 0.0486. The van der Waals surface area contributed by atoms with E-state index in [2.05, 4.69) is 10.2 Å². The van der Waals surface area contributed by atoms with Gasteiger partial charge in [-0.2, -0.15) is 16.9 Å². The lowest BCUT2D eigenvalue weighted by Crippen LogP contribution is -2.38. The normalized spacial score (nSPS) is 19.2. The van der Waals surface area contributed by atoms with Crippen molar-refractivity contribution in [3.05, 3.63) is 23.0 Å². The molecule has 4 nitrogen and oxygen atoms in total. The number of carbonyl (C=O) groups is 1. The van der Waals surface area contributed by atoms with Crippen molar-refractivity contribution in [3.8, 4) is 0 Å². The average Bonchev–Trinajstić information content (AvgIpc) is 2.86. The Kier molecular flexibility index (Phi) is 3.01. The second kappa shape index (κ2) is 4.64. The SMILES string of the molecule is O=C(c1cc2c(nn1)CCC2)N1CCSCC1. The summed E-state index contributed by atoms with van der Waals surface area (Å²) in [6.07, 6.45) is 3.19. The van der Waals surface area contributed by atoms with Gasteiger partial charge in [-0.25, -0.2) is 0 Å². The number of hydrogen-bond donors (Lipinski definition) is 0. The summed E-state index contributed by atoms with van der Waals surface area (Å²) in [5.41, 5.74) is 2.82. The first-order chi connectivity index (χ1) is 8.34. The Morgan fingerprint density at radius 1 is 1.24 bits per heavy atom. The molecule has 17 heavy (non-hydrogen) atoms. The van der Waals surface area contributed by atoms with Crippen LogP contribution >= 0.6 is 11.8 Å². The molecule has 0 spiro atoms. The molecule has 1 aliphatic heterocycles. The predicted molar refractivity (Wildman–Crippen MR) is 67.3 cm³/mol. The smallest absolute Gasteiger partial charge is 0.274 e. The third-order valence-electron chi connectivity index (χ3n) is 3.34. The van der Waals surface area contributed by atoms with Crippen LogP contribution in [-0.2, 0) is 12.8 Å². The summed E-state index contributed by atoms with van der Waals surface area (Å²) in [7, 11) is 0. The summed E-state index contributed by atoms with van der Waals surface area (Å²) in [5.74, 6) is 2.11. The minimum atomic E-state index is 0.0486. The van der Waals surface area contributed by atoms with Crippen LogP contribution in [0.3, 0.4) is 0 Å². The second-order valence-electron chi connectivity index (χ2n) is 4.46. The molecule has 0 saturated carbocycles. The Bertz CT molecular complexity index is 443. The number of amides is 1. The van der Waals surface area contributed by atoms with Crippen molar-refractivity contribution in [2.24, 2.45) is 0 Å². The summed E-state index contributed by atoms with van der Waals surface area (Å²) in [6, 6.07) is 1.94. The molecule has 2 heterocycles. The fourth-order valence-corrected chi connectivity index (χ4v) is 3.26. The van der Waals surface area contributed by atoms with Crippen molar-refractivity contribution in [2.75, 3.05) is 24.6 Å². The molecule has 90 valence electrons. The minimum Gasteiger partial charge on any atom is -0.336 e. The molecule has 1 aromatic rings. The Morgan fingerprint density at radius 2 is 2.06 bits per heavy atom. The molecule has 1 aromatic heterocycles. The van der Waals surface area contributed by atoms with Gasteiger partial charge in [0.1, 0.15) is 0 Å². The van der Waals surface area contributed by atoms with Crippen LogP contribution in [0.15, 0.2) is 6.07 Å². The van der Waals surface area contributed by atoms with Crippen molar-refractivity contribution < 1.29 is 4.79 Å². The number of carbonyl (C=O) groups excluding carboxylic acids is 1. The van der Waals surface area contributed by atoms with Crippen LogP contribution in [-0.4, -0.2) is 45.6 Å². The van der Waals surface area contributed by atoms with E-state index in [4.69, 9.17) is 0 Å². The molecule has 0 N–H and O–H groups in total. The highest BCUT2D eigenvalue weighted by Gasteiger charge is 2.22. The highest BCUT2D eigenvalue weighted by Crippen LogP contribution is 2.20. The van der Waals surface area contributed by atoms with Gasteiger partial charge in [0.25, 0.3) is 5.91 Å². The number of thioether (sulfide) groups is 1. The number of rotatable bonds is 1. The van der Waals surface area contributed by atoms with Gasteiger partial charge in [0, 0.05) is 24.6 Å². The van der Waals surface area contributed by atoms with Gasteiger partial charge in [-0.3, -0.25) is 4.79 Å². The first-order valence-corrected chi connectivity index (χ1v) is 7.22. The molecule has 1 saturated heterocycles. The van der Waals surface area contributed by atoms with Gasteiger partial charge in [0.2, 0.25) is 0 Å². The van der Waals surface area contributed by atoms with Crippen molar-refractivity contribution in [2.45, 2.75) is 19.3 Å². The maximum Gasteiger partial charge on any atom is 0.274 e. The van der Waals surface area contributed by atoms with E-state index in [1.165, 1.54) is 5.56 Å². The number of hydrogen-bond acceptors (Lipinski definition) is 4. The van der Waals surface area contributed by atoms with Crippen LogP contribution in [0.25, 0.3) is 0 Å². The number of aromatic nitrogens is 2. The molecule has 5 heteroatoms. The summed E-state index contributed by atoms with van der Waals surface area (Å²) in [6.45, 7) is 1.67. The van der Waals surface area contributed by atoms with Crippen LogP contribution in [0.2, 0.25) is 0 Å². The van der Waals surface area contributed by atoms with Crippen LogP contribution in [0.4, 0.5) is 0 Å². The van der Waals surface area contributed by atoms with Gasteiger partial charge in [-0.15, -0.1) is 5.10 Å². The maximum absolute atomic E-state index is 12.2. The zero-order chi connectivity index (χ0) is 11.7. The molecule has 3 rings (SSSR count). The van der Waals surface area contributed by atoms with Crippen molar-refractivity contribution >= 4 is 17.7 Å². The van der Waals surface area contributed by atoms with Crippen molar-refractivity contribution in [1.29, 1.82) is 0 Å². The monoisotopic (exact) mass is 249 g/mol. The second-order valence-corrected chi connectivity index (χ2v) is 5.68. The highest BCUT2D eigenvalue weighted by atomic mass is 32.2. The summed E-state index contributed by atoms with van der Waals surface area (Å²) in [4.78, 5) is 14.1. The highest BCUT2D eigenvalue weighted by molar-refractivity contribution is 7.99. The topological polar surface area (TPSA) is 46.1 Å². The molecule has 0 bridgehead atoms. The number of nitrogens with zero attached hydrogens (tertiary/aromatic N) is 3. The van der Waals surface area contributed by atoms with E-state index in [0.717, 1.165) is 49.6 Å². The lowest BCUT2D eigenvalue weighted by atomic mass is 10.2. The Balaban J connectivity index is 1.81. The first kappa shape index (κ1) is 11.0.